The molecule has 3 rings (SSSR count). The average molecular weight is 512 g/mol. The summed E-state index contributed by atoms with van der Waals surface area (Å²) in [6.07, 6.45) is 4.55. The molecule has 0 atom stereocenters. The molecule has 0 unspecified atom stereocenters. The molecule has 1 saturated heterocycles. The number of piperazine rings is 1. The quantitative estimate of drug-likeness (QED) is 0.365. The van der Waals surface area contributed by atoms with Crippen LogP contribution in [0.2, 0.25) is 0 Å². The third-order valence-corrected chi connectivity index (χ3v) is 4.56. The summed E-state index contributed by atoms with van der Waals surface area (Å²) in [6, 6.07) is 8.03. The number of carbonyl (C=O) groups excluding carboxylic acids is 1. The molecule has 0 radical (unpaired) electrons. The summed E-state index contributed by atoms with van der Waals surface area (Å²) in [5.41, 5.74) is 1.94. The number of anilines is 1. The maximum atomic E-state index is 12.6. The number of hydrogen-bond donors (Lipinski definition) is 1. The third-order valence-electron chi connectivity index (χ3n) is 4.56. The van der Waals surface area contributed by atoms with Crippen LogP contribution >= 0.6 is 24.0 Å². The van der Waals surface area contributed by atoms with E-state index >= 15 is 0 Å². The number of carbonyl (C=O) groups is 1. The SMILES string of the molecule is CCCOc1cccc(CNC(=NC)N2CCN(c3cnn(C)c3)C(=O)C2)c1.I. The van der Waals surface area contributed by atoms with Crippen LogP contribution in [0.25, 0.3) is 0 Å². The van der Waals surface area contributed by atoms with Crippen molar-refractivity contribution in [3.05, 3.63) is 42.2 Å². The van der Waals surface area contributed by atoms with Gasteiger partial charge in [-0.15, -0.1) is 24.0 Å². The number of guanidine groups is 1. The summed E-state index contributed by atoms with van der Waals surface area (Å²) in [4.78, 5) is 20.7. The second kappa shape index (κ2) is 11.0. The second-order valence-corrected chi connectivity index (χ2v) is 6.74. The van der Waals surface area contributed by atoms with Gasteiger partial charge in [0.05, 0.1) is 18.5 Å². The highest BCUT2D eigenvalue weighted by Crippen LogP contribution is 2.17. The number of ether oxygens (including phenoxy) is 1. The predicted octanol–water partition coefficient (Wildman–Crippen LogP) is 2.25. The van der Waals surface area contributed by atoms with E-state index in [2.05, 4.69) is 22.3 Å². The molecule has 8 nitrogen and oxygen atoms in total. The Hall–Kier alpha value is -2.30. The summed E-state index contributed by atoms with van der Waals surface area (Å²) < 4.78 is 7.39. The number of aliphatic imine (C=N–C) groups is 1. The van der Waals surface area contributed by atoms with Gasteiger partial charge in [0.2, 0.25) is 5.91 Å². The standard InChI is InChI=1S/C20H28N6O2.HI/c1-4-10-28-18-7-5-6-16(11-18)12-22-20(21-2)25-8-9-26(19(27)15-25)17-13-23-24(3)14-17;/h5-7,11,13-14H,4,8-10,12,15H2,1-3H3,(H,21,22);1H. The van der Waals surface area contributed by atoms with Gasteiger partial charge in [-0.2, -0.15) is 5.10 Å². The van der Waals surface area contributed by atoms with E-state index in [9.17, 15) is 4.79 Å². The molecule has 0 spiro atoms. The zero-order valence-electron chi connectivity index (χ0n) is 17.2. The van der Waals surface area contributed by atoms with Gasteiger partial charge in [-0.1, -0.05) is 19.1 Å². The number of halogens is 1. The largest absolute Gasteiger partial charge is 0.494 e. The van der Waals surface area contributed by atoms with Crippen LogP contribution in [0.1, 0.15) is 18.9 Å². The monoisotopic (exact) mass is 512 g/mol. The van der Waals surface area contributed by atoms with E-state index in [-0.39, 0.29) is 36.4 Å². The highest BCUT2D eigenvalue weighted by molar-refractivity contribution is 14.0. The first-order chi connectivity index (χ1) is 13.6. The van der Waals surface area contributed by atoms with Gasteiger partial charge >= 0.3 is 0 Å². The number of aromatic nitrogens is 2. The first kappa shape index (κ1) is 23.0. The van der Waals surface area contributed by atoms with E-state index in [1.54, 1.807) is 22.8 Å². The lowest BCUT2D eigenvalue weighted by Gasteiger charge is -2.35. The lowest BCUT2D eigenvalue weighted by atomic mass is 10.2. The number of amides is 1. The number of aryl methyl sites for hydroxylation is 1. The molecule has 9 heteroatoms. The van der Waals surface area contributed by atoms with Gasteiger partial charge in [-0.05, 0) is 24.1 Å². The van der Waals surface area contributed by atoms with Gasteiger partial charge in [0.25, 0.3) is 0 Å². The lowest BCUT2D eigenvalue weighted by Crippen LogP contribution is -2.55. The number of nitrogens with zero attached hydrogens (tertiary/aromatic N) is 5. The molecule has 29 heavy (non-hydrogen) atoms. The molecule has 0 aliphatic carbocycles. The Morgan fingerprint density at radius 1 is 1.34 bits per heavy atom. The Morgan fingerprint density at radius 2 is 2.17 bits per heavy atom. The fraction of sp³-hybridized carbons (Fsp3) is 0.450. The van der Waals surface area contributed by atoms with Crippen molar-refractivity contribution in [2.45, 2.75) is 19.9 Å². The van der Waals surface area contributed by atoms with Crippen molar-refractivity contribution < 1.29 is 9.53 Å². The van der Waals surface area contributed by atoms with Gasteiger partial charge in [0.1, 0.15) is 12.3 Å². The number of rotatable bonds is 6. The van der Waals surface area contributed by atoms with Crippen LogP contribution in [0.5, 0.6) is 5.75 Å². The van der Waals surface area contributed by atoms with Gasteiger partial charge in [0.15, 0.2) is 5.96 Å². The molecular weight excluding hydrogens is 483 g/mol. The summed E-state index contributed by atoms with van der Waals surface area (Å²) in [5.74, 6) is 1.63. The van der Waals surface area contributed by atoms with Crippen LogP contribution in [0.15, 0.2) is 41.7 Å². The zero-order valence-corrected chi connectivity index (χ0v) is 19.5. The van der Waals surface area contributed by atoms with Gasteiger partial charge in [-0.3, -0.25) is 14.5 Å². The molecule has 1 aliphatic rings. The van der Waals surface area contributed by atoms with E-state index in [0.29, 0.717) is 26.2 Å². The van der Waals surface area contributed by atoms with E-state index in [1.807, 2.05) is 42.4 Å². The smallest absolute Gasteiger partial charge is 0.246 e. The molecule has 0 saturated carbocycles. The van der Waals surface area contributed by atoms with E-state index in [0.717, 1.165) is 29.4 Å². The third kappa shape index (κ3) is 6.09. The highest BCUT2D eigenvalue weighted by atomic mass is 127. The van der Waals surface area contributed by atoms with Crippen molar-refractivity contribution in [2.75, 3.05) is 38.2 Å². The van der Waals surface area contributed by atoms with Gasteiger partial charge in [0, 0.05) is 39.9 Å². The number of nitrogens with one attached hydrogen (secondary N) is 1. The molecule has 2 aromatic rings. The molecule has 1 amide bonds. The first-order valence-electron chi connectivity index (χ1n) is 9.57. The fourth-order valence-corrected chi connectivity index (χ4v) is 3.15. The van der Waals surface area contributed by atoms with E-state index in [1.165, 1.54) is 0 Å². The molecular formula is C20H29IN6O2. The predicted molar refractivity (Wildman–Crippen MR) is 125 cm³/mol. The summed E-state index contributed by atoms with van der Waals surface area (Å²) in [5, 5.41) is 7.50. The van der Waals surface area contributed by atoms with Crippen LogP contribution < -0.4 is 15.0 Å². The Bertz CT molecular complexity index is 838. The molecule has 1 aromatic heterocycles. The Balaban J connectivity index is 0.00000300. The molecule has 1 N–H and O–H groups in total. The Morgan fingerprint density at radius 3 is 2.83 bits per heavy atom. The molecule has 1 fully saturated rings. The Kier molecular flexibility index (Phi) is 8.74. The second-order valence-electron chi connectivity index (χ2n) is 6.74. The zero-order chi connectivity index (χ0) is 19.9. The minimum absolute atomic E-state index is 0. The van der Waals surface area contributed by atoms with Crippen LogP contribution in [-0.2, 0) is 18.4 Å². The van der Waals surface area contributed by atoms with Gasteiger partial charge < -0.3 is 19.9 Å². The normalized spacial score (nSPS) is 14.6. The van der Waals surface area contributed by atoms with Crippen molar-refractivity contribution >= 4 is 41.5 Å². The number of benzene rings is 1. The lowest BCUT2D eigenvalue weighted by molar-refractivity contribution is -0.120. The van der Waals surface area contributed by atoms with Crippen LogP contribution in [0, 0.1) is 0 Å². The molecule has 2 heterocycles. The van der Waals surface area contributed by atoms with Crippen molar-refractivity contribution in [1.82, 2.24) is 20.0 Å². The van der Waals surface area contributed by atoms with Crippen LogP contribution in [0.3, 0.4) is 0 Å². The summed E-state index contributed by atoms with van der Waals surface area (Å²) >= 11 is 0. The van der Waals surface area contributed by atoms with Crippen LogP contribution in [-0.4, -0.2) is 59.8 Å². The minimum Gasteiger partial charge on any atom is -0.494 e. The summed E-state index contributed by atoms with van der Waals surface area (Å²) in [6.45, 7) is 5.01. The average Bonchev–Trinajstić information content (AvgIpc) is 3.13. The molecule has 1 aliphatic heterocycles. The highest BCUT2D eigenvalue weighted by Gasteiger charge is 2.27. The maximum Gasteiger partial charge on any atom is 0.246 e. The maximum absolute atomic E-state index is 12.6. The van der Waals surface area contributed by atoms with Crippen molar-refractivity contribution in [2.24, 2.45) is 12.0 Å². The summed E-state index contributed by atoms with van der Waals surface area (Å²) in [7, 11) is 3.58. The first-order valence-corrected chi connectivity index (χ1v) is 9.57. The van der Waals surface area contributed by atoms with Crippen molar-refractivity contribution in [1.29, 1.82) is 0 Å². The van der Waals surface area contributed by atoms with Crippen LogP contribution in [0.4, 0.5) is 5.69 Å². The van der Waals surface area contributed by atoms with Crippen molar-refractivity contribution in [3.63, 3.8) is 0 Å². The minimum atomic E-state index is 0. The van der Waals surface area contributed by atoms with E-state index in [4.69, 9.17) is 4.74 Å². The van der Waals surface area contributed by atoms with E-state index < -0.39 is 0 Å². The number of hydrogen-bond acceptors (Lipinski definition) is 4. The van der Waals surface area contributed by atoms with Crippen molar-refractivity contribution in [3.8, 4) is 5.75 Å². The Labute approximate surface area is 188 Å². The van der Waals surface area contributed by atoms with Gasteiger partial charge in [-0.25, -0.2) is 0 Å². The topological polar surface area (TPSA) is 75.0 Å². The fourth-order valence-electron chi connectivity index (χ4n) is 3.15. The molecule has 1 aromatic carbocycles. The molecule has 0 bridgehead atoms. The molecule has 158 valence electrons.